The maximum absolute atomic E-state index is 4.04. The minimum absolute atomic E-state index is 0.500. The average molecular weight is 198 g/mol. The van der Waals surface area contributed by atoms with E-state index in [-0.39, 0.29) is 0 Å². The van der Waals surface area contributed by atoms with Crippen LogP contribution < -0.4 is 0 Å². The smallest absolute Gasteiger partial charge is 0.145 e. The molecule has 1 heteroatoms. The SMILES string of the molecule is C=[N+](CC)CC(C)C(C)(CC)CCC. The normalized spacial score (nSPS) is 17.5. The van der Waals surface area contributed by atoms with E-state index in [1.54, 1.807) is 0 Å². The van der Waals surface area contributed by atoms with Crippen molar-refractivity contribution in [2.24, 2.45) is 11.3 Å². The van der Waals surface area contributed by atoms with Crippen LogP contribution in [0.5, 0.6) is 0 Å². The Kier molecular flexibility index (Phi) is 6.06. The Morgan fingerprint density at radius 3 is 2.21 bits per heavy atom. The van der Waals surface area contributed by atoms with Gasteiger partial charge in [-0.15, -0.1) is 0 Å². The lowest BCUT2D eigenvalue weighted by atomic mass is 9.72. The third-order valence-electron chi connectivity index (χ3n) is 3.80. The Balaban J connectivity index is 4.29. The zero-order valence-corrected chi connectivity index (χ0v) is 10.8. The van der Waals surface area contributed by atoms with E-state index in [4.69, 9.17) is 0 Å². The molecule has 0 bridgehead atoms. The highest BCUT2D eigenvalue weighted by atomic mass is 15.0. The molecule has 14 heavy (non-hydrogen) atoms. The quantitative estimate of drug-likeness (QED) is 0.434. The van der Waals surface area contributed by atoms with Crippen molar-refractivity contribution in [3.63, 3.8) is 0 Å². The molecule has 0 aliphatic rings. The topological polar surface area (TPSA) is 3.01 Å². The molecule has 0 aromatic rings. The van der Waals surface area contributed by atoms with Gasteiger partial charge in [0.15, 0.2) is 0 Å². The maximum Gasteiger partial charge on any atom is 0.145 e. The predicted molar refractivity (Wildman–Crippen MR) is 65.3 cm³/mol. The van der Waals surface area contributed by atoms with Crippen LogP contribution in [0.15, 0.2) is 0 Å². The second-order valence-electron chi connectivity index (χ2n) is 4.83. The number of hydrogen-bond acceptors (Lipinski definition) is 0. The van der Waals surface area contributed by atoms with Crippen LogP contribution in [0.2, 0.25) is 0 Å². The first-order valence-corrected chi connectivity index (χ1v) is 6.05. The van der Waals surface area contributed by atoms with Crippen molar-refractivity contribution in [3.05, 3.63) is 0 Å². The summed E-state index contributed by atoms with van der Waals surface area (Å²) >= 11 is 0. The summed E-state index contributed by atoms with van der Waals surface area (Å²) < 4.78 is 2.17. The molecule has 0 radical (unpaired) electrons. The summed E-state index contributed by atoms with van der Waals surface area (Å²) in [5.74, 6) is 0.741. The third-order valence-corrected chi connectivity index (χ3v) is 3.80. The Morgan fingerprint density at radius 2 is 1.86 bits per heavy atom. The summed E-state index contributed by atoms with van der Waals surface area (Å²) in [6, 6.07) is 0. The molecule has 0 fully saturated rings. The molecule has 84 valence electrons. The lowest BCUT2D eigenvalue weighted by Crippen LogP contribution is -2.31. The fraction of sp³-hybridized carbons (Fsp3) is 0.923. The van der Waals surface area contributed by atoms with Crippen LogP contribution in [0, 0.1) is 11.3 Å². The summed E-state index contributed by atoms with van der Waals surface area (Å²) in [5, 5.41) is 0. The van der Waals surface area contributed by atoms with Gasteiger partial charge in [-0.1, -0.05) is 40.5 Å². The summed E-state index contributed by atoms with van der Waals surface area (Å²) in [5.41, 5.74) is 0.500. The second-order valence-corrected chi connectivity index (χ2v) is 4.83. The van der Waals surface area contributed by atoms with Gasteiger partial charge in [0.05, 0.1) is 0 Å². The molecule has 0 aliphatic carbocycles. The highest BCUT2D eigenvalue weighted by molar-refractivity contribution is 5.14. The molecule has 2 atom stereocenters. The highest BCUT2D eigenvalue weighted by Gasteiger charge is 2.30. The zero-order valence-electron chi connectivity index (χ0n) is 10.8. The van der Waals surface area contributed by atoms with Crippen molar-refractivity contribution in [2.45, 2.75) is 53.9 Å². The van der Waals surface area contributed by atoms with Crippen LogP contribution in [0.1, 0.15) is 53.9 Å². The molecule has 0 rings (SSSR count). The van der Waals surface area contributed by atoms with Crippen LogP contribution in [0.4, 0.5) is 0 Å². The molecule has 0 saturated heterocycles. The number of hydrogen-bond donors (Lipinski definition) is 0. The number of rotatable bonds is 7. The van der Waals surface area contributed by atoms with E-state index in [1.165, 1.54) is 19.3 Å². The minimum Gasteiger partial charge on any atom is -0.242 e. The Morgan fingerprint density at radius 1 is 1.29 bits per heavy atom. The van der Waals surface area contributed by atoms with Crippen molar-refractivity contribution in [2.75, 3.05) is 13.1 Å². The Bertz CT molecular complexity index is 174. The van der Waals surface area contributed by atoms with E-state index in [2.05, 4.69) is 45.9 Å². The van der Waals surface area contributed by atoms with E-state index in [0.29, 0.717) is 5.41 Å². The highest BCUT2D eigenvalue weighted by Crippen LogP contribution is 2.35. The van der Waals surface area contributed by atoms with E-state index in [9.17, 15) is 0 Å². The molecule has 0 amide bonds. The number of nitrogens with zero attached hydrogens (tertiary/aromatic N) is 1. The predicted octanol–water partition coefficient (Wildman–Crippen LogP) is 3.57. The average Bonchev–Trinajstić information content (AvgIpc) is 2.17. The molecule has 1 nitrogen and oxygen atoms in total. The van der Waals surface area contributed by atoms with E-state index >= 15 is 0 Å². The summed E-state index contributed by atoms with van der Waals surface area (Å²) in [7, 11) is 0. The zero-order chi connectivity index (χ0) is 11.2. The lowest BCUT2D eigenvalue weighted by Gasteiger charge is -2.33. The van der Waals surface area contributed by atoms with Gasteiger partial charge in [-0.3, -0.25) is 0 Å². The van der Waals surface area contributed by atoms with Gasteiger partial charge in [0.1, 0.15) is 19.8 Å². The van der Waals surface area contributed by atoms with Gasteiger partial charge in [-0.2, -0.15) is 0 Å². The van der Waals surface area contributed by atoms with Crippen LogP contribution in [-0.2, 0) is 0 Å². The standard InChI is InChI=1S/C13H28N/c1-7-10-13(5,8-2)12(4)11-14(6)9-3/h12H,6-11H2,1-5H3/q+1. The van der Waals surface area contributed by atoms with Gasteiger partial charge in [-0.05, 0) is 18.8 Å². The molecule has 0 N–H and O–H groups in total. The van der Waals surface area contributed by atoms with Crippen molar-refractivity contribution < 1.29 is 4.58 Å². The van der Waals surface area contributed by atoms with E-state index in [0.717, 1.165) is 19.0 Å². The first kappa shape index (κ1) is 13.7. The first-order chi connectivity index (χ1) is 6.50. The Hall–Kier alpha value is -0.330. The first-order valence-electron chi connectivity index (χ1n) is 6.05. The lowest BCUT2D eigenvalue weighted by molar-refractivity contribution is -0.525. The minimum atomic E-state index is 0.500. The summed E-state index contributed by atoms with van der Waals surface area (Å²) in [6.07, 6.45) is 3.90. The summed E-state index contributed by atoms with van der Waals surface area (Å²) in [6.45, 7) is 17.8. The molecule has 0 aromatic carbocycles. The summed E-state index contributed by atoms with van der Waals surface area (Å²) in [4.78, 5) is 0. The van der Waals surface area contributed by atoms with Crippen molar-refractivity contribution >= 4 is 6.72 Å². The van der Waals surface area contributed by atoms with E-state index < -0.39 is 0 Å². The molecule has 0 heterocycles. The van der Waals surface area contributed by atoms with Gasteiger partial charge in [-0.25, -0.2) is 4.58 Å². The molecule has 2 unspecified atom stereocenters. The van der Waals surface area contributed by atoms with Gasteiger partial charge in [0.25, 0.3) is 0 Å². The largest absolute Gasteiger partial charge is 0.242 e. The molecular weight excluding hydrogens is 170 g/mol. The molecular formula is C13H28N+. The Labute approximate surface area is 90.2 Å². The molecule has 0 aromatic heterocycles. The fourth-order valence-electron chi connectivity index (χ4n) is 2.08. The van der Waals surface area contributed by atoms with Gasteiger partial charge >= 0.3 is 0 Å². The second kappa shape index (κ2) is 6.21. The van der Waals surface area contributed by atoms with Crippen LogP contribution >= 0.6 is 0 Å². The fourth-order valence-corrected chi connectivity index (χ4v) is 2.08. The van der Waals surface area contributed by atoms with Crippen LogP contribution in [-0.4, -0.2) is 24.4 Å². The molecule has 0 saturated carbocycles. The van der Waals surface area contributed by atoms with Gasteiger partial charge in [0, 0.05) is 5.92 Å². The van der Waals surface area contributed by atoms with Gasteiger partial charge < -0.3 is 0 Å². The van der Waals surface area contributed by atoms with Crippen molar-refractivity contribution in [1.29, 1.82) is 0 Å². The van der Waals surface area contributed by atoms with Crippen molar-refractivity contribution in [3.8, 4) is 0 Å². The van der Waals surface area contributed by atoms with Crippen LogP contribution in [0.3, 0.4) is 0 Å². The van der Waals surface area contributed by atoms with Gasteiger partial charge in [0.2, 0.25) is 0 Å². The molecule has 0 aliphatic heterocycles. The monoisotopic (exact) mass is 198 g/mol. The van der Waals surface area contributed by atoms with Crippen molar-refractivity contribution in [1.82, 2.24) is 0 Å². The van der Waals surface area contributed by atoms with E-state index in [1.807, 2.05) is 0 Å². The maximum atomic E-state index is 4.04. The molecule has 0 spiro atoms. The third kappa shape index (κ3) is 3.81. The van der Waals surface area contributed by atoms with Crippen LogP contribution in [0.25, 0.3) is 0 Å².